The zero-order valence-corrected chi connectivity index (χ0v) is 17.2. The van der Waals surface area contributed by atoms with Gasteiger partial charge in [0.25, 0.3) is 0 Å². The second kappa shape index (κ2) is 8.93. The minimum Gasteiger partial charge on any atom is -0.379 e. The number of aromatic nitrogens is 1. The average Bonchev–Trinajstić information content (AvgIpc) is 3.17. The monoisotopic (exact) mass is 417 g/mol. The van der Waals surface area contributed by atoms with Gasteiger partial charge in [-0.2, -0.15) is 0 Å². The van der Waals surface area contributed by atoms with E-state index in [9.17, 15) is 0 Å². The van der Waals surface area contributed by atoms with Gasteiger partial charge in [-0.1, -0.05) is 72.3 Å². The summed E-state index contributed by atoms with van der Waals surface area (Å²) in [5, 5.41) is 5.17. The standard InChI is InChI=1S/C24H24ClN5/c25-19-12-18-13-21(20(30-24(26)27)11-16-7-3-1-4-8-16)29-23(18)22(14-19)28-15-17-9-5-2-6-10-17/h1-10,12-14,20,28-29H,11,15H2,(H4,26,27,30)/t20-/m1/s1. The van der Waals surface area contributed by atoms with Gasteiger partial charge in [0.2, 0.25) is 0 Å². The number of aliphatic imine (C=N–C) groups is 1. The maximum absolute atomic E-state index is 6.39. The van der Waals surface area contributed by atoms with Crippen molar-refractivity contribution in [1.29, 1.82) is 0 Å². The van der Waals surface area contributed by atoms with E-state index in [0.29, 0.717) is 18.0 Å². The highest BCUT2D eigenvalue weighted by Crippen LogP contribution is 2.32. The highest BCUT2D eigenvalue weighted by atomic mass is 35.5. The molecule has 0 fully saturated rings. The molecule has 4 aromatic rings. The molecule has 0 saturated carbocycles. The Balaban J connectivity index is 1.67. The molecule has 0 aliphatic carbocycles. The molecular formula is C24H24ClN5. The van der Waals surface area contributed by atoms with Crippen LogP contribution in [0.5, 0.6) is 0 Å². The van der Waals surface area contributed by atoms with Crippen molar-refractivity contribution in [1.82, 2.24) is 4.98 Å². The lowest BCUT2D eigenvalue weighted by molar-refractivity contribution is 0.704. The number of guanidine groups is 1. The Kier molecular flexibility index (Phi) is 5.91. The van der Waals surface area contributed by atoms with Gasteiger partial charge in [-0.15, -0.1) is 0 Å². The summed E-state index contributed by atoms with van der Waals surface area (Å²) in [5.41, 5.74) is 16.7. The molecule has 0 amide bonds. The topological polar surface area (TPSA) is 92.2 Å². The van der Waals surface area contributed by atoms with E-state index in [1.165, 1.54) is 5.56 Å². The molecule has 1 aromatic heterocycles. The summed E-state index contributed by atoms with van der Waals surface area (Å²) in [6, 6.07) is 26.1. The van der Waals surface area contributed by atoms with Crippen LogP contribution in [0.2, 0.25) is 5.02 Å². The van der Waals surface area contributed by atoms with Gasteiger partial charge >= 0.3 is 0 Å². The second-order valence-corrected chi connectivity index (χ2v) is 7.68. The summed E-state index contributed by atoms with van der Waals surface area (Å²) in [6.45, 7) is 0.700. The predicted molar refractivity (Wildman–Crippen MR) is 126 cm³/mol. The van der Waals surface area contributed by atoms with E-state index in [0.717, 1.165) is 27.8 Å². The van der Waals surface area contributed by atoms with Crippen LogP contribution >= 0.6 is 11.6 Å². The predicted octanol–water partition coefficient (Wildman–Crippen LogP) is 4.99. The molecule has 6 N–H and O–H groups in total. The summed E-state index contributed by atoms with van der Waals surface area (Å²) in [5.74, 6) is 0.0649. The van der Waals surface area contributed by atoms with Gasteiger partial charge in [-0.05, 0) is 29.3 Å². The molecule has 30 heavy (non-hydrogen) atoms. The number of H-pyrrole nitrogens is 1. The molecule has 0 radical (unpaired) electrons. The Morgan fingerprint density at radius 2 is 1.60 bits per heavy atom. The van der Waals surface area contributed by atoms with Crippen LogP contribution in [0.3, 0.4) is 0 Å². The van der Waals surface area contributed by atoms with Crippen LogP contribution in [0, 0.1) is 0 Å². The van der Waals surface area contributed by atoms with Crippen LogP contribution in [0.1, 0.15) is 22.9 Å². The Morgan fingerprint density at radius 3 is 2.27 bits per heavy atom. The third-order valence-electron chi connectivity index (χ3n) is 4.98. The zero-order valence-electron chi connectivity index (χ0n) is 16.5. The molecule has 0 unspecified atom stereocenters. The lowest BCUT2D eigenvalue weighted by atomic mass is 10.0. The van der Waals surface area contributed by atoms with E-state index in [4.69, 9.17) is 23.1 Å². The van der Waals surface area contributed by atoms with Crippen molar-refractivity contribution in [2.45, 2.75) is 19.0 Å². The average molecular weight is 418 g/mol. The number of halogens is 1. The van der Waals surface area contributed by atoms with E-state index in [-0.39, 0.29) is 12.0 Å². The molecule has 3 aromatic carbocycles. The molecule has 6 heteroatoms. The highest BCUT2D eigenvalue weighted by molar-refractivity contribution is 6.31. The molecule has 5 nitrogen and oxygen atoms in total. The molecule has 1 atom stereocenters. The number of fused-ring (bicyclic) bond motifs is 1. The van der Waals surface area contributed by atoms with E-state index < -0.39 is 0 Å². The number of rotatable bonds is 7. The van der Waals surface area contributed by atoms with E-state index in [2.05, 4.69) is 45.6 Å². The molecule has 0 aliphatic rings. The van der Waals surface area contributed by atoms with Crippen molar-refractivity contribution in [2.24, 2.45) is 16.5 Å². The SMILES string of the molecule is NC(N)=N[C@H](Cc1ccccc1)c1cc2cc(Cl)cc(NCc3ccccc3)c2[nH]1. The number of hydrogen-bond donors (Lipinski definition) is 4. The molecular weight excluding hydrogens is 394 g/mol. The zero-order chi connectivity index (χ0) is 20.9. The van der Waals surface area contributed by atoms with E-state index in [1.54, 1.807) is 0 Å². The number of benzene rings is 3. The van der Waals surface area contributed by atoms with Gasteiger partial charge in [0, 0.05) is 29.1 Å². The summed E-state index contributed by atoms with van der Waals surface area (Å²) in [4.78, 5) is 7.99. The van der Waals surface area contributed by atoms with Crippen molar-refractivity contribution in [3.8, 4) is 0 Å². The quantitative estimate of drug-likeness (QED) is 0.252. The van der Waals surface area contributed by atoms with Crippen LogP contribution in [0.4, 0.5) is 5.69 Å². The number of aromatic amines is 1. The maximum atomic E-state index is 6.39. The lowest BCUT2D eigenvalue weighted by Gasteiger charge is -2.12. The van der Waals surface area contributed by atoms with Crippen molar-refractivity contribution in [3.63, 3.8) is 0 Å². The van der Waals surface area contributed by atoms with Crippen molar-refractivity contribution in [3.05, 3.63) is 101 Å². The third kappa shape index (κ3) is 4.75. The molecule has 0 aliphatic heterocycles. The molecule has 0 bridgehead atoms. The minimum atomic E-state index is -0.217. The van der Waals surface area contributed by atoms with Crippen molar-refractivity contribution in [2.75, 3.05) is 5.32 Å². The summed E-state index contributed by atoms with van der Waals surface area (Å²) in [6.07, 6.45) is 0.687. The number of nitrogens with two attached hydrogens (primary N) is 2. The summed E-state index contributed by atoms with van der Waals surface area (Å²) >= 11 is 6.39. The Bertz CT molecular complexity index is 1150. The Morgan fingerprint density at radius 1 is 0.933 bits per heavy atom. The highest BCUT2D eigenvalue weighted by Gasteiger charge is 2.16. The first-order valence-electron chi connectivity index (χ1n) is 9.81. The van der Waals surface area contributed by atoms with Crippen molar-refractivity contribution < 1.29 is 0 Å². The molecule has 4 rings (SSSR count). The van der Waals surface area contributed by atoms with Crippen LogP contribution < -0.4 is 16.8 Å². The first kappa shape index (κ1) is 19.9. The van der Waals surface area contributed by atoms with Crippen LogP contribution in [-0.2, 0) is 13.0 Å². The number of nitrogens with one attached hydrogen (secondary N) is 2. The van der Waals surface area contributed by atoms with Gasteiger partial charge < -0.3 is 21.8 Å². The van der Waals surface area contributed by atoms with Gasteiger partial charge in [-0.3, -0.25) is 0 Å². The molecule has 152 valence electrons. The first-order valence-corrected chi connectivity index (χ1v) is 10.2. The van der Waals surface area contributed by atoms with Gasteiger partial charge in [0.05, 0.1) is 17.2 Å². The number of nitrogens with zero attached hydrogens (tertiary/aromatic N) is 1. The second-order valence-electron chi connectivity index (χ2n) is 7.24. The molecule has 0 spiro atoms. The fraction of sp³-hybridized carbons (Fsp3) is 0.125. The van der Waals surface area contributed by atoms with Crippen molar-refractivity contribution >= 4 is 34.2 Å². The molecule has 0 saturated heterocycles. The third-order valence-corrected chi connectivity index (χ3v) is 5.19. The van der Waals surface area contributed by atoms with Gasteiger partial charge in [0.1, 0.15) is 0 Å². The van der Waals surface area contributed by atoms with Gasteiger partial charge in [0.15, 0.2) is 5.96 Å². The van der Waals surface area contributed by atoms with Crippen LogP contribution in [-0.4, -0.2) is 10.9 Å². The van der Waals surface area contributed by atoms with E-state index >= 15 is 0 Å². The fourth-order valence-corrected chi connectivity index (χ4v) is 3.81. The Hall–Kier alpha value is -3.44. The fourth-order valence-electron chi connectivity index (χ4n) is 3.58. The largest absolute Gasteiger partial charge is 0.379 e. The lowest BCUT2D eigenvalue weighted by Crippen LogP contribution is -2.24. The number of hydrogen-bond acceptors (Lipinski definition) is 2. The summed E-state index contributed by atoms with van der Waals surface area (Å²) in [7, 11) is 0. The van der Waals surface area contributed by atoms with Crippen LogP contribution in [0.25, 0.3) is 10.9 Å². The van der Waals surface area contributed by atoms with E-state index in [1.807, 2.05) is 48.5 Å². The first-order chi connectivity index (χ1) is 14.6. The number of anilines is 1. The smallest absolute Gasteiger partial charge is 0.186 e. The maximum Gasteiger partial charge on any atom is 0.186 e. The molecule has 1 heterocycles. The van der Waals surface area contributed by atoms with Crippen LogP contribution in [0.15, 0.2) is 83.9 Å². The Labute approximate surface area is 180 Å². The van der Waals surface area contributed by atoms with Gasteiger partial charge in [-0.25, -0.2) is 4.99 Å². The normalized spacial score (nSPS) is 11.9. The summed E-state index contributed by atoms with van der Waals surface area (Å²) < 4.78 is 0. The minimum absolute atomic E-state index is 0.0649.